The largest absolute Gasteiger partial charge is 0.324 e. The first kappa shape index (κ1) is 11.2. The van der Waals surface area contributed by atoms with E-state index in [4.69, 9.17) is 5.73 Å². The molecule has 2 nitrogen and oxygen atoms in total. The SMILES string of the molecule is CC(CC1CC1)NC1CC(N)c2ccccc21. The number of hydrogen-bond acceptors (Lipinski definition) is 2. The predicted octanol–water partition coefficient (Wildman–Crippen LogP) is 2.91. The van der Waals surface area contributed by atoms with Gasteiger partial charge in [0.1, 0.15) is 0 Å². The van der Waals surface area contributed by atoms with E-state index in [2.05, 4.69) is 36.5 Å². The lowest BCUT2D eigenvalue weighted by Crippen LogP contribution is -2.30. The molecule has 17 heavy (non-hydrogen) atoms. The van der Waals surface area contributed by atoms with Gasteiger partial charge in [-0.05, 0) is 36.8 Å². The molecule has 0 saturated heterocycles. The number of benzene rings is 1. The fourth-order valence-corrected chi connectivity index (χ4v) is 3.10. The molecule has 3 atom stereocenters. The molecule has 0 heterocycles. The predicted molar refractivity (Wildman–Crippen MR) is 70.7 cm³/mol. The van der Waals surface area contributed by atoms with Crippen LogP contribution in [0.3, 0.4) is 0 Å². The van der Waals surface area contributed by atoms with Gasteiger partial charge >= 0.3 is 0 Å². The maximum absolute atomic E-state index is 6.19. The van der Waals surface area contributed by atoms with E-state index in [1.165, 1.54) is 30.4 Å². The van der Waals surface area contributed by atoms with Gasteiger partial charge < -0.3 is 11.1 Å². The molecular formula is C15H22N2. The summed E-state index contributed by atoms with van der Waals surface area (Å²) in [5, 5.41) is 3.76. The van der Waals surface area contributed by atoms with E-state index in [1.54, 1.807) is 0 Å². The molecule has 1 aromatic rings. The third kappa shape index (κ3) is 2.38. The topological polar surface area (TPSA) is 38.0 Å². The normalized spacial score (nSPS) is 29.1. The number of fused-ring (bicyclic) bond motifs is 1. The Morgan fingerprint density at radius 2 is 2.00 bits per heavy atom. The summed E-state index contributed by atoms with van der Waals surface area (Å²) in [5.74, 6) is 0.989. The highest BCUT2D eigenvalue weighted by molar-refractivity contribution is 5.37. The van der Waals surface area contributed by atoms with E-state index in [0.717, 1.165) is 12.3 Å². The van der Waals surface area contributed by atoms with Crippen LogP contribution in [0.2, 0.25) is 0 Å². The second kappa shape index (κ2) is 4.43. The van der Waals surface area contributed by atoms with E-state index >= 15 is 0 Å². The van der Waals surface area contributed by atoms with Crippen LogP contribution in [-0.2, 0) is 0 Å². The zero-order chi connectivity index (χ0) is 11.8. The molecule has 2 aliphatic carbocycles. The lowest BCUT2D eigenvalue weighted by atomic mass is 10.1. The summed E-state index contributed by atoms with van der Waals surface area (Å²) < 4.78 is 0. The van der Waals surface area contributed by atoms with Gasteiger partial charge in [0.2, 0.25) is 0 Å². The molecule has 3 rings (SSSR count). The highest BCUT2D eigenvalue weighted by Crippen LogP contribution is 2.38. The minimum atomic E-state index is 0.219. The third-order valence-corrected chi connectivity index (χ3v) is 4.13. The molecule has 3 unspecified atom stereocenters. The van der Waals surface area contributed by atoms with Gasteiger partial charge in [-0.1, -0.05) is 37.1 Å². The van der Waals surface area contributed by atoms with Crippen LogP contribution in [0.5, 0.6) is 0 Å². The zero-order valence-electron chi connectivity index (χ0n) is 10.5. The van der Waals surface area contributed by atoms with E-state index in [9.17, 15) is 0 Å². The van der Waals surface area contributed by atoms with Crippen LogP contribution in [-0.4, -0.2) is 6.04 Å². The zero-order valence-corrected chi connectivity index (χ0v) is 10.5. The molecule has 1 fully saturated rings. The third-order valence-electron chi connectivity index (χ3n) is 4.13. The maximum Gasteiger partial charge on any atom is 0.0343 e. The summed E-state index contributed by atoms with van der Waals surface area (Å²) in [6, 6.07) is 9.92. The van der Waals surface area contributed by atoms with Crippen LogP contribution >= 0.6 is 0 Å². The lowest BCUT2D eigenvalue weighted by molar-refractivity contribution is 0.407. The van der Waals surface area contributed by atoms with Crippen molar-refractivity contribution < 1.29 is 0 Å². The molecule has 0 amide bonds. The van der Waals surface area contributed by atoms with E-state index in [0.29, 0.717) is 12.1 Å². The smallest absolute Gasteiger partial charge is 0.0343 e. The first-order valence-electron chi connectivity index (χ1n) is 6.84. The molecule has 2 heteroatoms. The number of nitrogens with two attached hydrogens (primary N) is 1. The average Bonchev–Trinajstić information content (AvgIpc) is 3.06. The van der Waals surface area contributed by atoms with Crippen LogP contribution in [0.1, 0.15) is 55.8 Å². The molecule has 0 spiro atoms. The Bertz CT molecular complexity index is 398. The molecule has 0 aromatic heterocycles. The quantitative estimate of drug-likeness (QED) is 0.834. The Kier molecular flexibility index (Phi) is 2.93. The Morgan fingerprint density at radius 1 is 1.29 bits per heavy atom. The van der Waals surface area contributed by atoms with Gasteiger partial charge in [-0.15, -0.1) is 0 Å². The molecule has 92 valence electrons. The average molecular weight is 230 g/mol. The van der Waals surface area contributed by atoms with Crippen molar-refractivity contribution in [1.82, 2.24) is 5.32 Å². The van der Waals surface area contributed by atoms with Crippen molar-refractivity contribution in [3.63, 3.8) is 0 Å². The summed E-state index contributed by atoms with van der Waals surface area (Å²) in [7, 11) is 0. The lowest BCUT2D eigenvalue weighted by Gasteiger charge is -2.20. The van der Waals surface area contributed by atoms with Gasteiger partial charge in [-0.2, -0.15) is 0 Å². The molecular weight excluding hydrogens is 208 g/mol. The van der Waals surface area contributed by atoms with Crippen LogP contribution in [0.15, 0.2) is 24.3 Å². The van der Waals surface area contributed by atoms with Crippen molar-refractivity contribution in [2.24, 2.45) is 11.7 Å². The molecule has 0 radical (unpaired) electrons. The molecule has 1 aromatic carbocycles. The number of hydrogen-bond donors (Lipinski definition) is 2. The van der Waals surface area contributed by atoms with E-state index < -0.39 is 0 Å². The fraction of sp³-hybridized carbons (Fsp3) is 0.600. The van der Waals surface area contributed by atoms with Crippen molar-refractivity contribution in [2.45, 2.75) is 50.7 Å². The van der Waals surface area contributed by atoms with Crippen LogP contribution in [0.4, 0.5) is 0 Å². The van der Waals surface area contributed by atoms with Gasteiger partial charge in [0.25, 0.3) is 0 Å². The Balaban J connectivity index is 1.68. The van der Waals surface area contributed by atoms with Crippen molar-refractivity contribution in [3.05, 3.63) is 35.4 Å². The first-order valence-corrected chi connectivity index (χ1v) is 6.84. The Labute approximate surface area is 104 Å². The summed E-state index contributed by atoms with van der Waals surface area (Å²) in [5.41, 5.74) is 8.94. The van der Waals surface area contributed by atoms with Gasteiger partial charge in [-0.25, -0.2) is 0 Å². The molecule has 2 aliphatic rings. The fourth-order valence-electron chi connectivity index (χ4n) is 3.10. The van der Waals surface area contributed by atoms with Crippen LogP contribution in [0.25, 0.3) is 0 Å². The van der Waals surface area contributed by atoms with Crippen molar-refractivity contribution in [3.8, 4) is 0 Å². The van der Waals surface area contributed by atoms with E-state index in [1.807, 2.05) is 0 Å². The maximum atomic E-state index is 6.19. The van der Waals surface area contributed by atoms with Gasteiger partial charge in [0, 0.05) is 18.1 Å². The van der Waals surface area contributed by atoms with Gasteiger partial charge in [0.05, 0.1) is 0 Å². The molecule has 0 aliphatic heterocycles. The molecule has 1 saturated carbocycles. The molecule has 3 N–H and O–H groups in total. The minimum absolute atomic E-state index is 0.219. The highest BCUT2D eigenvalue weighted by atomic mass is 15.0. The number of rotatable bonds is 4. The first-order chi connectivity index (χ1) is 8.24. The van der Waals surface area contributed by atoms with Gasteiger partial charge in [0.15, 0.2) is 0 Å². The summed E-state index contributed by atoms with van der Waals surface area (Å²) in [6.07, 6.45) is 5.25. The van der Waals surface area contributed by atoms with Crippen LogP contribution in [0, 0.1) is 5.92 Å². The Morgan fingerprint density at radius 3 is 2.71 bits per heavy atom. The number of nitrogens with one attached hydrogen (secondary N) is 1. The summed E-state index contributed by atoms with van der Waals surface area (Å²) >= 11 is 0. The van der Waals surface area contributed by atoms with Gasteiger partial charge in [-0.3, -0.25) is 0 Å². The second-order valence-corrected chi connectivity index (χ2v) is 5.77. The van der Waals surface area contributed by atoms with E-state index in [-0.39, 0.29) is 6.04 Å². The monoisotopic (exact) mass is 230 g/mol. The standard InChI is InChI=1S/C15H22N2/c1-10(8-11-6-7-11)17-15-9-14(16)12-4-2-3-5-13(12)15/h2-5,10-11,14-15,17H,6-9,16H2,1H3. The van der Waals surface area contributed by atoms with Crippen LogP contribution < -0.4 is 11.1 Å². The van der Waals surface area contributed by atoms with Crippen molar-refractivity contribution in [1.29, 1.82) is 0 Å². The second-order valence-electron chi connectivity index (χ2n) is 5.77. The van der Waals surface area contributed by atoms with Crippen molar-refractivity contribution >= 4 is 0 Å². The highest BCUT2D eigenvalue weighted by Gasteiger charge is 2.30. The summed E-state index contributed by atoms with van der Waals surface area (Å²) in [6.45, 7) is 2.31. The Hall–Kier alpha value is -0.860. The van der Waals surface area contributed by atoms with Crippen molar-refractivity contribution in [2.75, 3.05) is 0 Å². The summed E-state index contributed by atoms with van der Waals surface area (Å²) in [4.78, 5) is 0. The molecule has 0 bridgehead atoms. The minimum Gasteiger partial charge on any atom is -0.324 e.